The van der Waals surface area contributed by atoms with E-state index in [0.717, 1.165) is 27.4 Å². The van der Waals surface area contributed by atoms with Crippen LogP contribution in [0.4, 0.5) is 11.4 Å². The van der Waals surface area contributed by atoms with E-state index in [1.54, 1.807) is 34.9 Å². The Kier molecular flexibility index (Phi) is 9.14. The molecule has 0 aromatic heterocycles. The van der Waals surface area contributed by atoms with Crippen LogP contribution in [0.25, 0.3) is 6.08 Å². The lowest BCUT2D eigenvalue weighted by molar-refractivity contribution is -0.118. The maximum absolute atomic E-state index is 13.2. The van der Waals surface area contributed by atoms with Crippen molar-refractivity contribution in [2.45, 2.75) is 24.7 Å². The van der Waals surface area contributed by atoms with Gasteiger partial charge in [-0.1, -0.05) is 68.2 Å². The lowest BCUT2D eigenvalue weighted by Crippen LogP contribution is -2.27. The number of rotatable bonds is 9. The van der Waals surface area contributed by atoms with Crippen LogP contribution in [0, 0.1) is 0 Å². The van der Waals surface area contributed by atoms with Crippen molar-refractivity contribution in [3.05, 3.63) is 82.8 Å². The minimum atomic E-state index is -0.265. The highest BCUT2D eigenvalue weighted by molar-refractivity contribution is 8.27. The Labute approximate surface area is 236 Å². The minimum Gasteiger partial charge on any atom is -0.493 e. The van der Waals surface area contributed by atoms with E-state index in [1.165, 1.54) is 18.9 Å². The van der Waals surface area contributed by atoms with Gasteiger partial charge >= 0.3 is 0 Å². The molecule has 1 N–H and O–H groups in total. The molecule has 0 bridgehead atoms. The molecule has 0 aliphatic carbocycles. The van der Waals surface area contributed by atoms with Gasteiger partial charge in [0.25, 0.3) is 11.8 Å². The molecule has 1 fully saturated rings. The van der Waals surface area contributed by atoms with E-state index in [1.807, 2.05) is 60.9 Å². The number of para-hydroxylation sites is 1. The Balaban J connectivity index is 1.45. The van der Waals surface area contributed by atoms with Crippen molar-refractivity contribution < 1.29 is 19.1 Å². The molecule has 0 unspecified atom stereocenters. The number of carbonyl (C=O) groups excluding carboxylic acids is 2. The number of hydrogen-bond acceptors (Lipinski definition) is 7. The number of amides is 2. The number of hydrogen-bond donors (Lipinski definition) is 1. The molecule has 3 aromatic rings. The summed E-state index contributed by atoms with van der Waals surface area (Å²) in [6.07, 6.45) is 3.77. The van der Waals surface area contributed by atoms with E-state index >= 15 is 0 Å². The molecule has 0 saturated carbocycles. The van der Waals surface area contributed by atoms with Crippen LogP contribution in [-0.4, -0.2) is 36.1 Å². The molecule has 1 aliphatic rings. The number of nitrogens with zero attached hydrogens (tertiary/aromatic N) is 1. The highest BCUT2D eigenvalue weighted by Crippen LogP contribution is 2.38. The summed E-state index contributed by atoms with van der Waals surface area (Å²) in [6, 6.07) is 20.7. The Bertz CT molecular complexity index is 1400. The molecule has 9 heteroatoms. The monoisotopic (exact) mass is 564 g/mol. The van der Waals surface area contributed by atoms with Crippen LogP contribution in [0.1, 0.15) is 30.9 Å². The smallest absolute Gasteiger partial charge is 0.270 e. The third kappa shape index (κ3) is 6.40. The summed E-state index contributed by atoms with van der Waals surface area (Å²) >= 11 is 8.37. The SMILES string of the molecule is COc1cc(/C=C2\SC(=S)N(c3cccc(SC)c3)C2=O)ccc1OCC(=O)Nc1ccccc1C(C)C. The Morgan fingerprint density at radius 1 is 1.11 bits per heavy atom. The Morgan fingerprint density at radius 3 is 2.63 bits per heavy atom. The lowest BCUT2D eigenvalue weighted by atomic mass is 10.0. The number of thiocarbonyl (C=S) groups is 1. The molecule has 6 nitrogen and oxygen atoms in total. The molecule has 38 heavy (non-hydrogen) atoms. The van der Waals surface area contributed by atoms with Crippen molar-refractivity contribution in [3.63, 3.8) is 0 Å². The van der Waals surface area contributed by atoms with Crippen molar-refractivity contribution in [2.24, 2.45) is 0 Å². The summed E-state index contributed by atoms with van der Waals surface area (Å²) in [4.78, 5) is 28.9. The fourth-order valence-electron chi connectivity index (χ4n) is 3.93. The predicted octanol–water partition coefficient (Wildman–Crippen LogP) is 6.96. The van der Waals surface area contributed by atoms with Gasteiger partial charge in [-0.2, -0.15) is 0 Å². The van der Waals surface area contributed by atoms with Crippen LogP contribution >= 0.6 is 35.7 Å². The topological polar surface area (TPSA) is 67.9 Å². The molecule has 196 valence electrons. The summed E-state index contributed by atoms with van der Waals surface area (Å²) in [5.74, 6) is 0.728. The predicted molar refractivity (Wildman–Crippen MR) is 162 cm³/mol. The van der Waals surface area contributed by atoms with Gasteiger partial charge in [0, 0.05) is 10.6 Å². The zero-order valence-corrected chi connectivity index (χ0v) is 24.0. The van der Waals surface area contributed by atoms with E-state index in [9.17, 15) is 9.59 Å². The molecular weight excluding hydrogens is 537 g/mol. The largest absolute Gasteiger partial charge is 0.493 e. The summed E-state index contributed by atoms with van der Waals surface area (Å²) in [5.41, 5.74) is 3.34. The highest BCUT2D eigenvalue weighted by atomic mass is 32.2. The van der Waals surface area contributed by atoms with Gasteiger partial charge < -0.3 is 14.8 Å². The summed E-state index contributed by atoms with van der Waals surface area (Å²) in [7, 11) is 1.53. The highest BCUT2D eigenvalue weighted by Gasteiger charge is 2.33. The second-order valence-corrected chi connectivity index (χ2v) is 11.3. The van der Waals surface area contributed by atoms with Gasteiger partial charge in [-0.05, 0) is 65.8 Å². The van der Waals surface area contributed by atoms with Crippen LogP contribution < -0.4 is 19.7 Å². The molecule has 1 aliphatic heterocycles. The van der Waals surface area contributed by atoms with Gasteiger partial charge in [0.1, 0.15) is 0 Å². The minimum absolute atomic E-state index is 0.170. The first-order chi connectivity index (χ1) is 18.3. The second kappa shape index (κ2) is 12.5. The van der Waals surface area contributed by atoms with E-state index in [0.29, 0.717) is 20.7 Å². The van der Waals surface area contributed by atoms with Gasteiger partial charge in [0.15, 0.2) is 22.4 Å². The maximum atomic E-state index is 13.2. The lowest BCUT2D eigenvalue weighted by Gasteiger charge is -2.15. The second-order valence-electron chi connectivity index (χ2n) is 8.71. The van der Waals surface area contributed by atoms with Gasteiger partial charge in [0.2, 0.25) is 0 Å². The van der Waals surface area contributed by atoms with Crippen molar-refractivity contribution in [1.29, 1.82) is 0 Å². The first-order valence-electron chi connectivity index (χ1n) is 11.9. The Hall–Kier alpha value is -3.27. The van der Waals surface area contributed by atoms with Gasteiger partial charge in [-0.25, -0.2) is 0 Å². The fraction of sp³-hybridized carbons (Fsp3) is 0.207. The van der Waals surface area contributed by atoms with Crippen LogP contribution in [-0.2, 0) is 9.59 Å². The maximum Gasteiger partial charge on any atom is 0.270 e. The number of nitrogens with one attached hydrogen (secondary N) is 1. The number of benzene rings is 3. The van der Waals surface area contributed by atoms with Gasteiger partial charge in [-0.15, -0.1) is 11.8 Å². The van der Waals surface area contributed by atoms with E-state index in [-0.39, 0.29) is 24.3 Å². The molecule has 3 aromatic carbocycles. The van der Waals surface area contributed by atoms with Gasteiger partial charge in [0.05, 0.1) is 17.7 Å². The first-order valence-corrected chi connectivity index (χ1v) is 14.4. The van der Waals surface area contributed by atoms with E-state index < -0.39 is 0 Å². The molecule has 4 rings (SSSR count). The van der Waals surface area contributed by atoms with Crippen LogP contribution in [0.5, 0.6) is 11.5 Å². The molecule has 2 amide bonds. The van der Waals surface area contributed by atoms with Crippen LogP contribution in [0.15, 0.2) is 76.5 Å². The summed E-state index contributed by atoms with van der Waals surface area (Å²) < 4.78 is 11.7. The van der Waals surface area contributed by atoms with E-state index in [4.69, 9.17) is 21.7 Å². The number of carbonyl (C=O) groups is 2. The molecular formula is C29H28N2O4S3. The third-order valence-electron chi connectivity index (χ3n) is 5.81. The van der Waals surface area contributed by atoms with Crippen LogP contribution in [0.2, 0.25) is 0 Å². The zero-order valence-electron chi connectivity index (χ0n) is 21.5. The standard InChI is InChI=1S/C29H28N2O4S3/c1-18(2)22-10-5-6-11-23(22)30-27(32)17-35-24-13-12-19(14-25(24)34-3)15-26-28(33)31(29(36)38-26)20-8-7-9-21(16-20)37-4/h5-16,18H,17H2,1-4H3,(H,30,32)/b26-15-. The van der Waals surface area contributed by atoms with Crippen molar-refractivity contribution in [1.82, 2.24) is 0 Å². The molecule has 0 radical (unpaired) electrons. The average Bonchev–Trinajstić information content (AvgIpc) is 3.20. The molecule has 1 heterocycles. The molecule has 0 spiro atoms. The van der Waals surface area contributed by atoms with Gasteiger partial charge in [-0.3, -0.25) is 14.5 Å². The zero-order chi connectivity index (χ0) is 27.2. The number of thioether (sulfide) groups is 2. The van der Waals surface area contributed by atoms with E-state index in [2.05, 4.69) is 19.2 Å². The van der Waals surface area contributed by atoms with Crippen molar-refractivity contribution >= 4 is 69.3 Å². The number of methoxy groups -OCH3 is 1. The van der Waals surface area contributed by atoms with Crippen LogP contribution in [0.3, 0.4) is 0 Å². The fourth-order valence-corrected chi connectivity index (χ4v) is 5.68. The summed E-state index contributed by atoms with van der Waals surface area (Å²) in [5, 5.41) is 2.92. The Morgan fingerprint density at radius 2 is 1.89 bits per heavy atom. The number of anilines is 2. The van der Waals surface area contributed by atoms with Crippen molar-refractivity contribution in [2.75, 3.05) is 30.2 Å². The number of ether oxygens (including phenoxy) is 2. The first kappa shape index (κ1) is 27.8. The molecule has 0 atom stereocenters. The average molecular weight is 565 g/mol. The molecule has 1 saturated heterocycles. The van der Waals surface area contributed by atoms with Crippen molar-refractivity contribution in [3.8, 4) is 11.5 Å². The summed E-state index contributed by atoms with van der Waals surface area (Å²) in [6.45, 7) is 3.99. The quantitative estimate of drug-likeness (QED) is 0.171. The third-order valence-corrected chi connectivity index (χ3v) is 7.83. The normalized spacial score (nSPS) is 14.3.